The predicted octanol–water partition coefficient (Wildman–Crippen LogP) is 2.60. The van der Waals surface area contributed by atoms with Crippen LogP contribution >= 0.6 is 0 Å². The van der Waals surface area contributed by atoms with E-state index < -0.39 is 0 Å². The molecule has 0 amide bonds. The summed E-state index contributed by atoms with van der Waals surface area (Å²) in [6, 6.07) is 2.71. The Kier molecular flexibility index (Phi) is 6.13. The Bertz CT molecular complexity index is 597. The van der Waals surface area contributed by atoms with Gasteiger partial charge in [-0.1, -0.05) is 31.2 Å². The van der Waals surface area contributed by atoms with Crippen LogP contribution in [-0.4, -0.2) is 60.2 Å². The molecule has 6 nitrogen and oxygen atoms in total. The number of hydrogen-bond acceptors (Lipinski definition) is 4. The van der Waals surface area contributed by atoms with Crippen molar-refractivity contribution in [3.8, 4) is 0 Å². The molecule has 3 rings (SSSR count). The first kappa shape index (κ1) is 18.0. The molecule has 0 spiro atoms. The summed E-state index contributed by atoms with van der Waals surface area (Å²) in [5, 5.41) is 7.68. The van der Waals surface area contributed by atoms with Crippen LogP contribution in [-0.2, 0) is 6.54 Å². The number of guanidine groups is 1. The molecule has 0 radical (unpaired) electrons. The van der Waals surface area contributed by atoms with E-state index in [4.69, 9.17) is 4.52 Å². The Morgan fingerprint density at radius 2 is 2.12 bits per heavy atom. The normalized spacial score (nSPS) is 21.7. The van der Waals surface area contributed by atoms with E-state index in [2.05, 4.69) is 57.3 Å². The van der Waals surface area contributed by atoms with Crippen LogP contribution in [0.4, 0.5) is 0 Å². The fraction of sp³-hybridized carbons (Fsp3) is 0.684. The average Bonchev–Trinajstić information content (AvgIpc) is 3.38. The fourth-order valence-electron chi connectivity index (χ4n) is 3.83. The van der Waals surface area contributed by atoms with Gasteiger partial charge in [0.05, 0.1) is 12.2 Å². The molecule has 1 saturated heterocycles. The molecule has 1 fully saturated rings. The van der Waals surface area contributed by atoms with Gasteiger partial charge in [-0.25, -0.2) is 0 Å². The first-order chi connectivity index (χ1) is 12.2. The zero-order chi connectivity index (χ0) is 17.6. The molecule has 3 heterocycles. The Morgan fingerprint density at radius 1 is 1.36 bits per heavy atom. The van der Waals surface area contributed by atoms with Gasteiger partial charge in [0.2, 0.25) is 0 Å². The van der Waals surface area contributed by atoms with Crippen LogP contribution in [0.3, 0.4) is 0 Å². The van der Waals surface area contributed by atoms with Gasteiger partial charge < -0.3 is 14.7 Å². The third-order valence-electron chi connectivity index (χ3n) is 5.44. The van der Waals surface area contributed by atoms with Crippen molar-refractivity contribution in [1.29, 1.82) is 0 Å². The Hall–Kier alpha value is -1.82. The highest BCUT2D eigenvalue weighted by Crippen LogP contribution is 2.22. The third-order valence-corrected chi connectivity index (χ3v) is 5.44. The summed E-state index contributed by atoms with van der Waals surface area (Å²) in [6.45, 7) is 9.28. The molecule has 0 aliphatic carbocycles. The minimum atomic E-state index is 0.491. The zero-order valence-corrected chi connectivity index (χ0v) is 15.7. The third kappa shape index (κ3) is 4.24. The number of aromatic nitrogens is 1. The van der Waals surface area contributed by atoms with Gasteiger partial charge in [0.15, 0.2) is 11.7 Å². The highest BCUT2D eigenvalue weighted by atomic mass is 16.5. The standard InChI is InChI=1S/C19H31N5O/c1-4-15(5-2)18-12-17(25-22-18)13-21-19(20-3)24-11-8-16(14-24)23-9-6-7-10-23/h6-7,12,15-16H,4-5,8-11,13-14H2,1-3H3,(H,20,21). The van der Waals surface area contributed by atoms with Crippen molar-refractivity contribution in [2.45, 2.75) is 51.6 Å². The summed E-state index contributed by atoms with van der Waals surface area (Å²) in [4.78, 5) is 9.34. The summed E-state index contributed by atoms with van der Waals surface area (Å²) >= 11 is 0. The van der Waals surface area contributed by atoms with Crippen LogP contribution in [0.15, 0.2) is 27.7 Å². The van der Waals surface area contributed by atoms with Crippen molar-refractivity contribution < 1.29 is 4.52 Å². The highest BCUT2D eigenvalue weighted by molar-refractivity contribution is 5.80. The molecule has 1 aromatic heterocycles. The molecular formula is C19H31N5O. The summed E-state index contributed by atoms with van der Waals surface area (Å²) in [6.07, 6.45) is 7.91. The number of aliphatic imine (C=N–C) groups is 1. The molecule has 1 N–H and O–H groups in total. The fourth-order valence-corrected chi connectivity index (χ4v) is 3.83. The Labute approximate surface area is 150 Å². The quantitative estimate of drug-likeness (QED) is 0.488. The van der Waals surface area contributed by atoms with Crippen molar-refractivity contribution in [2.75, 3.05) is 33.2 Å². The van der Waals surface area contributed by atoms with E-state index in [1.54, 1.807) is 0 Å². The number of rotatable bonds is 6. The van der Waals surface area contributed by atoms with Gasteiger partial charge in [-0.05, 0) is 19.3 Å². The lowest BCUT2D eigenvalue weighted by atomic mass is 9.99. The monoisotopic (exact) mass is 345 g/mol. The lowest BCUT2D eigenvalue weighted by molar-refractivity contribution is 0.259. The Balaban J connectivity index is 1.51. The maximum atomic E-state index is 5.51. The SMILES string of the molecule is CCC(CC)c1cc(CNC(=NC)N2CCC(N3CC=CC3)C2)on1. The van der Waals surface area contributed by atoms with Gasteiger partial charge in [0, 0.05) is 51.3 Å². The van der Waals surface area contributed by atoms with Gasteiger partial charge in [0.1, 0.15) is 0 Å². The molecule has 25 heavy (non-hydrogen) atoms. The van der Waals surface area contributed by atoms with Crippen molar-refractivity contribution in [3.63, 3.8) is 0 Å². The molecular weight excluding hydrogens is 314 g/mol. The molecule has 2 aliphatic rings. The van der Waals surface area contributed by atoms with Gasteiger partial charge >= 0.3 is 0 Å². The minimum Gasteiger partial charge on any atom is -0.359 e. The maximum absolute atomic E-state index is 5.51. The summed E-state index contributed by atoms with van der Waals surface area (Å²) in [7, 11) is 1.85. The second kappa shape index (κ2) is 8.52. The summed E-state index contributed by atoms with van der Waals surface area (Å²) in [5.41, 5.74) is 1.07. The van der Waals surface area contributed by atoms with Crippen molar-refractivity contribution in [3.05, 3.63) is 29.7 Å². The molecule has 1 aromatic rings. The number of nitrogens with one attached hydrogen (secondary N) is 1. The molecule has 0 saturated carbocycles. The molecule has 0 bridgehead atoms. The first-order valence-electron chi connectivity index (χ1n) is 9.55. The van der Waals surface area contributed by atoms with E-state index in [0.29, 0.717) is 18.5 Å². The van der Waals surface area contributed by atoms with Crippen molar-refractivity contribution in [2.24, 2.45) is 4.99 Å². The summed E-state index contributed by atoms with van der Waals surface area (Å²) < 4.78 is 5.51. The highest BCUT2D eigenvalue weighted by Gasteiger charge is 2.29. The maximum Gasteiger partial charge on any atom is 0.194 e. The van der Waals surface area contributed by atoms with Crippen LogP contribution < -0.4 is 5.32 Å². The molecule has 1 unspecified atom stereocenters. The lowest BCUT2D eigenvalue weighted by Crippen LogP contribution is -2.42. The first-order valence-corrected chi connectivity index (χ1v) is 9.55. The number of likely N-dealkylation sites (tertiary alicyclic amines) is 1. The average molecular weight is 345 g/mol. The second-order valence-corrected chi connectivity index (χ2v) is 6.95. The van der Waals surface area contributed by atoms with E-state index in [-0.39, 0.29) is 0 Å². The molecule has 0 aromatic carbocycles. The summed E-state index contributed by atoms with van der Waals surface area (Å²) in [5.74, 6) is 2.32. The smallest absolute Gasteiger partial charge is 0.194 e. The van der Waals surface area contributed by atoms with Crippen molar-refractivity contribution >= 4 is 5.96 Å². The largest absolute Gasteiger partial charge is 0.359 e. The number of hydrogen-bond donors (Lipinski definition) is 1. The molecule has 1 atom stereocenters. The molecule has 2 aliphatic heterocycles. The zero-order valence-electron chi connectivity index (χ0n) is 15.7. The van der Waals surface area contributed by atoms with E-state index in [1.807, 2.05) is 7.05 Å². The van der Waals surface area contributed by atoms with Crippen LogP contribution in [0.1, 0.15) is 50.5 Å². The van der Waals surface area contributed by atoms with Gasteiger partial charge in [-0.2, -0.15) is 0 Å². The van der Waals surface area contributed by atoms with Crippen molar-refractivity contribution in [1.82, 2.24) is 20.3 Å². The molecule has 6 heteroatoms. The van der Waals surface area contributed by atoms with E-state index in [9.17, 15) is 0 Å². The predicted molar refractivity (Wildman–Crippen MR) is 101 cm³/mol. The minimum absolute atomic E-state index is 0.491. The van der Waals surface area contributed by atoms with Gasteiger partial charge in [0.25, 0.3) is 0 Å². The van der Waals surface area contributed by atoms with Crippen LogP contribution in [0, 0.1) is 0 Å². The lowest BCUT2D eigenvalue weighted by Gasteiger charge is -2.25. The van der Waals surface area contributed by atoms with Crippen LogP contribution in [0.25, 0.3) is 0 Å². The van der Waals surface area contributed by atoms with E-state index in [0.717, 1.165) is 56.4 Å². The Morgan fingerprint density at radius 3 is 2.80 bits per heavy atom. The van der Waals surface area contributed by atoms with Crippen LogP contribution in [0.2, 0.25) is 0 Å². The van der Waals surface area contributed by atoms with Gasteiger partial charge in [-0.3, -0.25) is 9.89 Å². The van der Waals surface area contributed by atoms with Crippen LogP contribution in [0.5, 0.6) is 0 Å². The second-order valence-electron chi connectivity index (χ2n) is 6.95. The van der Waals surface area contributed by atoms with E-state index >= 15 is 0 Å². The van der Waals surface area contributed by atoms with Gasteiger partial charge in [-0.15, -0.1) is 0 Å². The topological polar surface area (TPSA) is 56.9 Å². The molecule has 138 valence electrons. The van der Waals surface area contributed by atoms with E-state index in [1.165, 1.54) is 6.42 Å². The number of nitrogens with zero attached hydrogens (tertiary/aromatic N) is 4.